The van der Waals surface area contributed by atoms with Crippen molar-refractivity contribution in [3.8, 4) is 11.5 Å². The molecule has 2 aromatic carbocycles. The number of phosphoric ester groups is 1. The number of hydrogen-bond acceptors (Lipinski definition) is 5. The summed E-state index contributed by atoms with van der Waals surface area (Å²) in [4.78, 5) is 0. The molecule has 0 heterocycles. The van der Waals surface area contributed by atoms with Gasteiger partial charge < -0.3 is 12.5 Å². The smallest absolute Gasteiger partial charge is 0.566 e. The first-order chi connectivity index (χ1) is 12.6. The van der Waals surface area contributed by atoms with E-state index >= 15 is 0 Å². The maximum Gasteiger partial charge on any atom is 0.632 e. The average molecular weight is 528 g/mol. The molecular weight excluding hydrogens is 520 g/mol. The van der Waals surface area contributed by atoms with Crippen LogP contribution in [-0.2, 0) is 7.42 Å². The van der Waals surface area contributed by atoms with Gasteiger partial charge in [-0.05, 0) is 21.9 Å². The highest BCUT2D eigenvalue weighted by molar-refractivity contribution is 7.49. The number of alkyl halides is 2. The molecule has 1 atom stereocenters. The van der Waals surface area contributed by atoms with Crippen molar-refractivity contribution < 1.29 is 68.3 Å². The van der Waals surface area contributed by atoms with Gasteiger partial charge in [-0.25, -0.2) is 22.1 Å². The van der Waals surface area contributed by atoms with Gasteiger partial charge >= 0.3 is 29.9 Å². The van der Waals surface area contributed by atoms with E-state index in [1.165, 1.54) is 24.3 Å². The van der Waals surface area contributed by atoms with Gasteiger partial charge in [0.15, 0.2) is 11.6 Å². The average Bonchev–Trinajstić information content (AvgIpc) is 2.59. The van der Waals surface area contributed by atoms with Gasteiger partial charge in [0.25, 0.3) is 6.43 Å². The number of hydrogen-bond donors (Lipinski definition) is 0. The topological polar surface area (TPSA) is 67.8 Å². The van der Waals surface area contributed by atoms with E-state index in [0.717, 1.165) is 5.56 Å². The van der Waals surface area contributed by atoms with Gasteiger partial charge in [0.1, 0.15) is 5.75 Å². The highest BCUT2D eigenvalue weighted by atomic mass is 127. The third-order valence-corrected chi connectivity index (χ3v) is 6.02. The van der Waals surface area contributed by atoms with Gasteiger partial charge in [-0.1, -0.05) is 17.7 Å². The van der Waals surface area contributed by atoms with E-state index in [9.17, 15) is 34.3 Å². The standard InChI is InChI=1S/C14H8F6IO5P/c1-6-2-4-7(5-3-6)24-27(23,26-21-22)25-13-11(17)9(15)8(14(19)20)10(16)12(13)18/h2-5,14H,1H3. The van der Waals surface area contributed by atoms with Crippen molar-refractivity contribution in [1.29, 1.82) is 0 Å². The Labute approximate surface area is 159 Å². The molecule has 2 aromatic rings. The first-order valence-corrected chi connectivity index (χ1v) is 9.97. The third kappa shape index (κ3) is 4.86. The van der Waals surface area contributed by atoms with Crippen molar-refractivity contribution in [2.45, 2.75) is 13.3 Å². The van der Waals surface area contributed by atoms with Crippen LogP contribution in [0.4, 0.5) is 26.3 Å². The van der Waals surface area contributed by atoms with E-state index in [1.54, 1.807) is 6.92 Å². The molecule has 13 heteroatoms. The highest BCUT2D eigenvalue weighted by Crippen LogP contribution is 2.49. The van der Waals surface area contributed by atoms with E-state index < -0.39 is 70.9 Å². The van der Waals surface area contributed by atoms with Gasteiger partial charge in [-0.3, -0.25) is 0 Å². The van der Waals surface area contributed by atoms with Gasteiger partial charge in [-0.2, -0.15) is 8.78 Å². The van der Waals surface area contributed by atoms with E-state index in [0.29, 0.717) is 0 Å². The second kappa shape index (κ2) is 8.67. The van der Waals surface area contributed by atoms with Gasteiger partial charge in [0.05, 0.1) is 5.56 Å². The summed E-state index contributed by atoms with van der Waals surface area (Å²) in [6, 6.07) is 5.44. The molecule has 27 heavy (non-hydrogen) atoms. The first-order valence-electron chi connectivity index (χ1n) is 6.75. The third-order valence-electron chi connectivity index (χ3n) is 3.03. The van der Waals surface area contributed by atoms with Crippen molar-refractivity contribution in [1.82, 2.24) is 0 Å². The molecule has 0 spiro atoms. The Balaban J connectivity index is 2.47. The number of halogens is 7. The summed E-state index contributed by atoms with van der Waals surface area (Å²) < 4.78 is 117. The van der Waals surface area contributed by atoms with Crippen molar-refractivity contribution in [3.63, 3.8) is 0 Å². The fraction of sp³-hybridized carbons (Fsp3) is 0.143. The highest BCUT2D eigenvalue weighted by Gasteiger charge is 2.41. The molecule has 0 fully saturated rings. The van der Waals surface area contributed by atoms with Crippen molar-refractivity contribution in [2.75, 3.05) is 0 Å². The van der Waals surface area contributed by atoms with E-state index in [4.69, 9.17) is 4.52 Å². The Hall–Kier alpha value is -1.50. The van der Waals surface area contributed by atoms with Crippen molar-refractivity contribution >= 4 is 7.82 Å². The summed E-state index contributed by atoms with van der Waals surface area (Å²) in [6.07, 6.45) is -3.87. The molecule has 0 saturated carbocycles. The van der Waals surface area contributed by atoms with Gasteiger partial charge in [0, 0.05) is 0 Å². The molecule has 1 unspecified atom stereocenters. The lowest BCUT2D eigenvalue weighted by atomic mass is 10.1. The van der Waals surface area contributed by atoms with E-state index in [1.807, 2.05) is 0 Å². The minimum absolute atomic E-state index is 0.215. The minimum Gasteiger partial charge on any atom is -0.566 e. The second-order valence-corrected chi connectivity index (χ2v) is 7.81. The summed E-state index contributed by atoms with van der Waals surface area (Å²) in [5.41, 5.74) is -1.41. The zero-order chi connectivity index (χ0) is 20.4. The van der Waals surface area contributed by atoms with Crippen LogP contribution in [0.15, 0.2) is 24.3 Å². The molecule has 0 aliphatic rings. The second-order valence-electron chi connectivity index (χ2n) is 4.87. The molecule has 0 N–H and O–H groups in total. The Morgan fingerprint density at radius 1 is 0.963 bits per heavy atom. The normalized spacial score (nSPS) is 13.5. The van der Waals surface area contributed by atoms with Crippen LogP contribution in [0.1, 0.15) is 17.6 Å². The monoisotopic (exact) mass is 528 g/mol. The van der Waals surface area contributed by atoms with Crippen LogP contribution < -0.4 is 34.5 Å². The Morgan fingerprint density at radius 2 is 1.48 bits per heavy atom. The number of rotatable bonds is 7. The molecule has 0 bridgehead atoms. The zero-order valence-corrected chi connectivity index (χ0v) is 16.1. The van der Waals surface area contributed by atoms with Crippen LogP contribution >= 0.6 is 7.82 Å². The molecule has 2 rings (SSSR count). The first kappa shape index (κ1) is 21.8. The lowest BCUT2D eigenvalue weighted by molar-refractivity contribution is -1.25. The van der Waals surface area contributed by atoms with Crippen LogP contribution in [0.25, 0.3) is 0 Å². The lowest BCUT2D eigenvalue weighted by Gasteiger charge is -2.16. The Bertz CT molecular complexity index is 850. The molecule has 148 valence electrons. The molecule has 0 aliphatic heterocycles. The maximum absolute atomic E-state index is 13.9. The van der Waals surface area contributed by atoms with E-state index in [2.05, 4.69) is 7.38 Å². The fourth-order valence-corrected chi connectivity index (χ4v) is 3.82. The SMILES string of the molecule is Cc1ccc(OP(=O)(O[I+][O-])Oc2c(F)c(F)c(C(F)F)c(F)c2F)cc1. The number of aryl methyl sites for hydroxylation is 1. The summed E-state index contributed by atoms with van der Waals surface area (Å²) in [6.45, 7) is 1.69. The molecule has 0 amide bonds. The van der Waals surface area contributed by atoms with Crippen LogP contribution in [0.3, 0.4) is 0 Å². The van der Waals surface area contributed by atoms with Crippen LogP contribution in [0.2, 0.25) is 0 Å². The van der Waals surface area contributed by atoms with Crippen LogP contribution in [-0.4, -0.2) is 0 Å². The Kier molecular flexibility index (Phi) is 7.00. The van der Waals surface area contributed by atoms with Crippen LogP contribution in [0.5, 0.6) is 11.5 Å². The predicted molar refractivity (Wildman–Crippen MR) is 72.4 cm³/mol. The maximum atomic E-state index is 13.9. The molecule has 0 radical (unpaired) electrons. The van der Waals surface area contributed by atoms with Crippen molar-refractivity contribution in [2.24, 2.45) is 0 Å². The molecule has 0 saturated heterocycles. The quantitative estimate of drug-likeness (QED) is 0.235. The summed E-state index contributed by atoms with van der Waals surface area (Å²) in [5, 5.41) is 0. The van der Waals surface area contributed by atoms with E-state index in [-0.39, 0.29) is 5.75 Å². The van der Waals surface area contributed by atoms with Crippen LogP contribution in [0, 0.1) is 30.2 Å². The lowest BCUT2D eigenvalue weighted by Crippen LogP contribution is -3.69. The zero-order valence-electron chi connectivity index (χ0n) is 13.0. The molecule has 0 aliphatic carbocycles. The van der Waals surface area contributed by atoms with Crippen molar-refractivity contribution in [3.05, 3.63) is 58.7 Å². The summed E-state index contributed by atoms with van der Waals surface area (Å²) in [7, 11) is -5.08. The number of phosphoric acid groups is 1. The van der Waals surface area contributed by atoms with Gasteiger partial charge in [0.2, 0.25) is 17.4 Å². The molecule has 0 aromatic heterocycles. The molecule has 5 nitrogen and oxygen atoms in total. The minimum atomic E-state index is -5.08. The largest absolute Gasteiger partial charge is 0.632 e. The Morgan fingerprint density at radius 3 is 1.93 bits per heavy atom. The predicted octanol–water partition coefficient (Wildman–Crippen LogP) is 1.35. The molecular formula is C14H8F6IO5P. The van der Waals surface area contributed by atoms with Gasteiger partial charge in [-0.15, -0.1) is 0 Å². The number of benzene rings is 2. The summed E-state index contributed by atoms with van der Waals surface area (Å²) >= 11 is -2.55. The summed E-state index contributed by atoms with van der Waals surface area (Å²) in [5.74, 6) is -11.8. The fourth-order valence-electron chi connectivity index (χ4n) is 1.82.